The maximum Gasteiger partial charge on any atom is 0.490 e. The Hall–Kier alpha value is -3.33. The molecule has 4 rings (SSSR count). The number of hydrogen-bond acceptors (Lipinski definition) is 7. The van der Waals surface area contributed by atoms with Crippen LogP contribution in [-0.4, -0.2) is 75.6 Å². The van der Waals surface area contributed by atoms with Gasteiger partial charge in [0.05, 0.1) is 0 Å². The zero-order valence-corrected chi connectivity index (χ0v) is 17.2. The summed E-state index contributed by atoms with van der Waals surface area (Å²) in [6.07, 6.45) is -8.16. The third-order valence-corrected chi connectivity index (χ3v) is 6.08. The van der Waals surface area contributed by atoms with Crippen molar-refractivity contribution >= 4 is 29.7 Å². The molecule has 2 aliphatic heterocycles. The van der Waals surface area contributed by atoms with Gasteiger partial charge in [-0.1, -0.05) is 0 Å². The molecule has 0 aromatic carbocycles. The van der Waals surface area contributed by atoms with E-state index in [-0.39, 0.29) is 31.3 Å². The average Bonchev–Trinajstić information content (AvgIpc) is 3.07. The minimum Gasteiger partial charge on any atom is -0.481 e. The Balaban J connectivity index is 0.000000406. The van der Waals surface area contributed by atoms with Crippen molar-refractivity contribution in [1.82, 2.24) is 9.97 Å². The molecule has 188 valence electrons. The maximum atomic E-state index is 13.3. The number of anilines is 2. The van der Waals surface area contributed by atoms with Crippen LogP contribution in [0.25, 0.3) is 0 Å². The molecule has 0 radical (unpaired) electrons. The van der Waals surface area contributed by atoms with Crippen molar-refractivity contribution in [2.45, 2.75) is 31.6 Å². The molecule has 3 heterocycles. The second-order valence-electron chi connectivity index (χ2n) is 8.21. The fourth-order valence-corrected chi connectivity index (χ4v) is 4.24. The Kier molecular flexibility index (Phi) is 6.07. The van der Waals surface area contributed by atoms with E-state index in [1.54, 1.807) is 4.90 Å². The zero-order valence-electron chi connectivity index (χ0n) is 17.2. The lowest BCUT2D eigenvalue weighted by atomic mass is 9.97. The average molecular weight is 500 g/mol. The Bertz CT molecular complexity index is 984. The van der Waals surface area contributed by atoms with Gasteiger partial charge in [0, 0.05) is 32.2 Å². The number of piperidine rings is 1. The largest absolute Gasteiger partial charge is 0.490 e. The number of aromatic nitrogens is 2. The van der Waals surface area contributed by atoms with Crippen LogP contribution in [0.3, 0.4) is 0 Å². The van der Waals surface area contributed by atoms with Crippen molar-refractivity contribution in [3.8, 4) is 0 Å². The van der Waals surface area contributed by atoms with Gasteiger partial charge in [0.15, 0.2) is 5.69 Å². The first kappa shape index (κ1) is 25.3. The molecule has 0 bridgehead atoms. The zero-order chi connectivity index (χ0) is 25.7. The minimum atomic E-state index is -5.08. The summed E-state index contributed by atoms with van der Waals surface area (Å²) in [5, 5.41) is 26.1. The summed E-state index contributed by atoms with van der Waals surface area (Å²) in [4.78, 5) is 43.0. The van der Waals surface area contributed by atoms with Crippen LogP contribution in [-0.2, 0) is 20.6 Å². The molecular weight excluding hydrogens is 482 g/mol. The number of hydrogen-bond donors (Lipinski definition) is 3. The number of nitrogens with zero attached hydrogens (tertiary/aromatic N) is 4. The Labute approximate surface area is 186 Å². The second kappa shape index (κ2) is 8.16. The van der Waals surface area contributed by atoms with Crippen LogP contribution in [0, 0.1) is 10.8 Å². The number of alkyl halides is 6. The van der Waals surface area contributed by atoms with E-state index in [0.29, 0.717) is 13.1 Å². The fraction of sp³-hybridized carbons (Fsp3) is 0.611. The van der Waals surface area contributed by atoms with Gasteiger partial charge in [-0.05, 0) is 19.3 Å². The first-order valence-electron chi connectivity index (χ1n) is 9.77. The van der Waals surface area contributed by atoms with Crippen LogP contribution in [0.1, 0.15) is 25.0 Å². The fourth-order valence-electron chi connectivity index (χ4n) is 4.24. The van der Waals surface area contributed by atoms with E-state index in [4.69, 9.17) is 9.90 Å². The van der Waals surface area contributed by atoms with Gasteiger partial charge in [-0.3, -0.25) is 9.59 Å². The molecule has 3 aliphatic rings. The summed E-state index contributed by atoms with van der Waals surface area (Å²) >= 11 is 0. The minimum absolute atomic E-state index is 0.0304. The van der Waals surface area contributed by atoms with E-state index in [1.807, 2.05) is 0 Å². The first-order valence-corrected chi connectivity index (χ1v) is 9.77. The van der Waals surface area contributed by atoms with Gasteiger partial charge in [0.1, 0.15) is 16.6 Å². The van der Waals surface area contributed by atoms with Crippen molar-refractivity contribution in [2.75, 3.05) is 36.0 Å². The third kappa shape index (κ3) is 4.40. The molecule has 34 heavy (non-hydrogen) atoms. The van der Waals surface area contributed by atoms with Gasteiger partial charge in [0.2, 0.25) is 5.95 Å². The van der Waals surface area contributed by atoms with Gasteiger partial charge < -0.3 is 25.1 Å². The summed E-state index contributed by atoms with van der Waals surface area (Å²) in [6.45, 7) is 0.697. The molecule has 2 atom stereocenters. The van der Waals surface area contributed by atoms with Gasteiger partial charge in [-0.2, -0.15) is 31.3 Å². The molecule has 0 amide bonds. The number of rotatable bonds is 4. The van der Waals surface area contributed by atoms with E-state index < -0.39 is 46.8 Å². The van der Waals surface area contributed by atoms with Crippen LogP contribution < -0.4 is 9.80 Å². The maximum absolute atomic E-state index is 13.3. The van der Waals surface area contributed by atoms with Gasteiger partial charge in [-0.15, -0.1) is 0 Å². The van der Waals surface area contributed by atoms with Crippen molar-refractivity contribution < 1.29 is 56.0 Å². The normalized spacial score (nSPS) is 25.9. The summed E-state index contributed by atoms with van der Waals surface area (Å²) < 4.78 is 71.6. The Morgan fingerprint density at radius 1 is 0.853 bits per heavy atom. The molecule has 2 saturated heterocycles. The van der Waals surface area contributed by atoms with Crippen LogP contribution in [0.4, 0.5) is 38.1 Å². The molecule has 1 saturated carbocycles. The summed E-state index contributed by atoms with van der Waals surface area (Å²) in [7, 11) is 0. The summed E-state index contributed by atoms with van der Waals surface area (Å²) in [5.74, 6) is -5.42. The van der Waals surface area contributed by atoms with Gasteiger partial charge >= 0.3 is 30.3 Å². The highest BCUT2D eigenvalue weighted by molar-refractivity contribution is 5.95. The lowest BCUT2D eigenvalue weighted by molar-refractivity contribution is -0.192. The molecule has 0 spiro atoms. The molecular formula is C18H18F6N4O6. The topological polar surface area (TPSA) is 144 Å². The Morgan fingerprint density at radius 3 is 1.71 bits per heavy atom. The highest BCUT2D eigenvalue weighted by Crippen LogP contribution is 2.69. The molecule has 10 nitrogen and oxygen atoms in total. The number of carbonyl (C=O) groups is 3. The lowest BCUT2D eigenvalue weighted by Gasteiger charge is -2.24. The summed E-state index contributed by atoms with van der Waals surface area (Å²) in [6, 6.07) is 0.759. The smallest absolute Gasteiger partial charge is 0.481 e. The molecule has 1 aliphatic carbocycles. The van der Waals surface area contributed by atoms with Crippen molar-refractivity contribution in [3.05, 3.63) is 11.8 Å². The van der Waals surface area contributed by atoms with Crippen LogP contribution in [0.2, 0.25) is 0 Å². The van der Waals surface area contributed by atoms with Crippen molar-refractivity contribution in [2.24, 2.45) is 10.8 Å². The van der Waals surface area contributed by atoms with E-state index >= 15 is 0 Å². The molecule has 1 aromatic rings. The van der Waals surface area contributed by atoms with E-state index in [0.717, 1.165) is 18.9 Å². The predicted octanol–water partition coefficient (Wildman–Crippen LogP) is 2.09. The Morgan fingerprint density at radius 2 is 1.32 bits per heavy atom. The predicted molar refractivity (Wildman–Crippen MR) is 99.1 cm³/mol. The molecule has 16 heteroatoms. The highest BCUT2D eigenvalue weighted by atomic mass is 19.4. The highest BCUT2D eigenvalue weighted by Gasteiger charge is 2.81. The standard InChI is InChI=1S/C16H17F3N4O4.C2HF3O2/c17-16(18,19)9-5-10(21-13(20-9)22-3-1-2-4-22)23-7-14(11(24)25)6-15(14,8-23)12(26)27;3-2(4,5)1(6)7/h5H,1-4,6-8H2,(H,24,25)(H,26,27);(H,6,7)/t14-,15+;. The lowest BCUT2D eigenvalue weighted by Crippen LogP contribution is -2.31. The monoisotopic (exact) mass is 500 g/mol. The number of carboxylic acid groups (broad SMARTS) is 3. The van der Waals surface area contributed by atoms with E-state index in [1.165, 1.54) is 4.90 Å². The first-order chi connectivity index (χ1) is 15.5. The quantitative estimate of drug-likeness (QED) is 0.526. The SMILES string of the molecule is O=C(O)C(F)(F)F.O=C(O)[C@@]12CN(c3cc(C(F)(F)F)nc(N4CCCC4)n3)C[C@]1(C(=O)O)C2. The third-order valence-electron chi connectivity index (χ3n) is 6.08. The van der Waals surface area contributed by atoms with E-state index in [9.17, 15) is 46.1 Å². The molecule has 3 N–H and O–H groups in total. The van der Waals surface area contributed by atoms with E-state index in [2.05, 4.69) is 9.97 Å². The second-order valence-corrected chi connectivity index (χ2v) is 8.21. The number of aliphatic carboxylic acids is 3. The molecule has 1 aromatic heterocycles. The van der Waals surface area contributed by atoms with Crippen LogP contribution in [0.15, 0.2) is 6.07 Å². The van der Waals surface area contributed by atoms with Crippen molar-refractivity contribution in [3.63, 3.8) is 0 Å². The van der Waals surface area contributed by atoms with Crippen LogP contribution >= 0.6 is 0 Å². The number of fused-ring (bicyclic) bond motifs is 1. The van der Waals surface area contributed by atoms with Gasteiger partial charge in [0.25, 0.3) is 0 Å². The molecule has 3 fully saturated rings. The summed E-state index contributed by atoms with van der Waals surface area (Å²) in [5.41, 5.74) is -4.10. The van der Waals surface area contributed by atoms with Crippen LogP contribution in [0.5, 0.6) is 0 Å². The number of halogens is 6. The van der Waals surface area contributed by atoms with Crippen molar-refractivity contribution in [1.29, 1.82) is 0 Å². The molecule has 0 unspecified atom stereocenters. The number of carboxylic acids is 3. The van der Waals surface area contributed by atoms with Gasteiger partial charge in [-0.25, -0.2) is 9.78 Å².